The van der Waals surface area contributed by atoms with Crippen molar-refractivity contribution in [1.82, 2.24) is 15.1 Å². The molecule has 0 aliphatic rings. The molecule has 0 bridgehead atoms. The number of amides is 1. The van der Waals surface area contributed by atoms with E-state index in [4.69, 9.17) is 16.3 Å². The lowest BCUT2D eigenvalue weighted by Crippen LogP contribution is -2.29. The van der Waals surface area contributed by atoms with E-state index in [1.54, 1.807) is 0 Å². The fourth-order valence-corrected chi connectivity index (χ4v) is 3.10. The predicted molar refractivity (Wildman–Crippen MR) is 107 cm³/mol. The molecule has 3 aromatic rings. The summed E-state index contributed by atoms with van der Waals surface area (Å²) in [6, 6.07) is 17.2. The minimum atomic E-state index is -0.146. The van der Waals surface area contributed by atoms with Gasteiger partial charge in [0, 0.05) is 10.7 Å². The molecule has 0 aliphatic heterocycles. The van der Waals surface area contributed by atoms with E-state index in [0.717, 1.165) is 17.0 Å². The van der Waals surface area contributed by atoms with Crippen LogP contribution in [-0.4, -0.2) is 28.8 Å². The van der Waals surface area contributed by atoms with E-state index in [1.165, 1.54) is 0 Å². The van der Waals surface area contributed by atoms with Crippen molar-refractivity contribution in [2.24, 2.45) is 0 Å². The second kappa shape index (κ2) is 8.73. The first-order chi connectivity index (χ1) is 13.1. The maximum absolute atomic E-state index is 12.6. The van der Waals surface area contributed by atoms with Gasteiger partial charge in [0.05, 0.1) is 24.3 Å². The van der Waals surface area contributed by atoms with Gasteiger partial charge in [-0.2, -0.15) is 5.10 Å². The minimum absolute atomic E-state index is 0.146. The Kier molecular flexibility index (Phi) is 6.14. The second-order valence-corrected chi connectivity index (χ2v) is 6.62. The van der Waals surface area contributed by atoms with Crippen LogP contribution in [0.4, 0.5) is 0 Å². The van der Waals surface area contributed by atoms with Crippen LogP contribution < -0.4 is 10.1 Å². The fraction of sp³-hybridized carbons (Fsp3) is 0.238. The number of ether oxygens (including phenoxy) is 1. The number of carbonyl (C=O) groups is 1. The van der Waals surface area contributed by atoms with Crippen LogP contribution in [0.2, 0.25) is 5.02 Å². The molecule has 6 heteroatoms. The van der Waals surface area contributed by atoms with Gasteiger partial charge in [-0.3, -0.25) is 9.48 Å². The fourth-order valence-electron chi connectivity index (χ4n) is 2.91. The van der Waals surface area contributed by atoms with Crippen molar-refractivity contribution < 1.29 is 9.53 Å². The summed E-state index contributed by atoms with van der Waals surface area (Å²) < 4.78 is 7.41. The van der Waals surface area contributed by atoms with E-state index in [0.29, 0.717) is 36.0 Å². The lowest BCUT2D eigenvalue weighted by atomic mass is 10.1. The monoisotopic (exact) mass is 383 g/mol. The van der Waals surface area contributed by atoms with Gasteiger partial charge in [0.2, 0.25) is 0 Å². The molecular weight excluding hydrogens is 362 g/mol. The summed E-state index contributed by atoms with van der Waals surface area (Å²) in [4.78, 5) is 12.6. The minimum Gasteiger partial charge on any atom is -0.492 e. The number of benzene rings is 2. The standard InChI is InChI=1S/C21H22ClN3O2/c1-15-20(21(26)23-12-13-27-18-9-4-3-5-10-18)16(2)25(24-15)14-17-8-6-7-11-19(17)22/h3-11H,12-14H2,1-2H3,(H,23,26). The summed E-state index contributed by atoms with van der Waals surface area (Å²) in [6.45, 7) is 5.08. The Morgan fingerprint density at radius 2 is 1.81 bits per heavy atom. The van der Waals surface area contributed by atoms with Crippen molar-refractivity contribution in [2.45, 2.75) is 20.4 Å². The van der Waals surface area contributed by atoms with Crippen molar-refractivity contribution in [3.8, 4) is 5.75 Å². The van der Waals surface area contributed by atoms with Crippen molar-refractivity contribution >= 4 is 17.5 Å². The number of para-hydroxylation sites is 1. The Balaban J connectivity index is 1.61. The molecule has 1 aromatic heterocycles. The Bertz CT molecular complexity index is 922. The molecule has 5 nitrogen and oxygen atoms in total. The Morgan fingerprint density at radius 3 is 2.56 bits per heavy atom. The zero-order chi connectivity index (χ0) is 19.2. The van der Waals surface area contributed by atoms with Crippen molar-refractivity contribution in [3.05, 3.63) is 82.1 Å². The summed E-state index contributed by atoms with van der Waals surface area (Å²) in [5.74, 6) is 0.638. The molecule has 0 unspecified atom stereocenters. The summed E-state index contributed by atoms with van der Waals surface area (Å²) in [5, 5.41) is 8.09. The van der Waals surface area contributed by atoms with Gasteiger partial charge in [0.1, 0.15) is 12.4 Å². The van der Waals surface area contributed by atoms with Gasteiger partial charge in [-0.05, 0) is 37.6 Å². The summed E-state index contributed by atoms with van der Waals surface area (Å²) in [6.07, 6.45) is 0. The van der Waals surface area contributed by atoms with Gasteiger partial charge in [-0.1, -0.05) is 48.0 Å². The summed E-state index contributed by atoms with van der Waals surface area (Å²) in [5.41, 5.74) is 3.07. The van der Waals surface area contributed by atoms with Gasteiger partial charge in [0.25, 0.3) is 5.91 Å². The molecule has 27 heavy (non-hydrogen) atoms. The molecule has 3 rings (SSSR count). The molecule has 1 heterocycles. The molecule has 1 N–H and O–H groups in total. The van der Waals surface area contributed by atoms with Crippen LogP contribution in [0.1, 0.15) is 27.3 Å². The van der Waals surface area contributed by atoms with Gasteiger partial charge < -0.3 is 10.1 Å². The lowest BCUT2D eigenvalue weighted by molar-refractivity contribution is 0.0945. The second-order valence-electron chi connectivity index (χ2n) is 6.21. The molecule has 0 atom stereocenters. The highest BCUT2D eigenvalue weighted by molar-refractivity contribution is 6.31. The Labute approximate surface area is 163 Å². The normalized spacial score (nSPS) is 10.6. The van der Waals surface area contributed by atoms with E-state index in [9.17, 15) is 4.79 Å². The molecule has 0 saturated heterocycles. The van der Waals surface area contributed by atoms with E-state index >= 15 is 0 Å². The highest BCUT2D eigenvalue weighted by atomic mass is 35.5. The van der Waals surface area contributed by atoms with Crippen LogP contribution in [0.15, 0.2) is 54.6 Å². The van der Waals surface area contributed by atoms with E-state index in [1.807, 2.05) is 73.1 Å². The number of carbonyl (C=O) groups excluding carboxylic acids is 1. The number of halogens is 1. The molecule has 0 fully saturated rings. The molecular formula is C21H22ClN3O2. The van der Waals surface area contributed by atoms with E-state index < -0.39 is 0 Å². The highest BCUT2D eigenvalue weighted by Crippen LogP contribution is 2.19. The van der Waals surface area contributed by atoms with Crippen LogP contribution in [0.25, 0.3) is 0 Å². The SMILES string of the molecule is Cc1nn(Cc2ccccc2Cl)c(C)c1C(=O)NCCOc1ccccc1. The molecule has 2 aromatic carbocycles. The lowest BCUT2D eigenvalue weighted by Gasteiger charge is -2.09. The first kappa shape index (κ1) is 19.0. The number of aromatic nitrogens is 2. The summed E-state index contributed by atoms with van der Waals surface area (Å²) in [7, 11) is 0. The Hall–Kier alpha value is -2.79. The maximum Gasteiger partial charge on any atom is 0.255 e. The van der Waals surface area contributed by atoms with Gasteiger partial charge in [0.15, 0.2) is 0 Å². The van der Waals surface area contributed by atoms with Crippen LogP contribution in [0, 0.1) is 13.8 Å². The largest absolute Gasteiger partial charge is 0.492 e. The van der Waals surface area contributed by atoms with Crippen molar-refractivity contribution in [1.29, 1.82) is 0 Å². The van der Waals surface area contributed by atoms with Crippen LogP contribution in [0.3, 0.4) is 0 Å². The average Bonchev–Trinajstić information content (AvgIpc) is 2.95. The first-order valence-electron chi connectivity index (χ1n) is 8.79. The number of nitrogens with one attached hydrogen (secondary N) is 1. The van der Waals surface area contributed by atoms with Gasteiger partial charge >= 0.3 is 0 Å². The van der Waals surface area contributed by atoms with Crippen LogP contribution in [0.5, 0.6) is 5.75 Å². The van der Waals surface area contributed by atoms with Gasteiger partial charge in [-0.15, -0.1) is 0 Å². The molecule has 0 spiro atoms. The quantitative estimate of drug-likeness (QED) is 0.627. The summed E-state index contributed by atoms with van der Waals surface area (Å²) >= 11 is 6.24. The number of nitrogens with zero attached hydrogens (tertiary/aromatic N) is 2. The molecule has 0 radical (unpaired) electrons. The topological polar surface area (TPSA) is 56.2 Å². The van der Waals surface area contributed by atoms with E-state index in [2.05, 4.69) is 10.4 Å². The third kappa shape index (κ3) is 4.68. The zero-order valence-electron chi connectivity index (χ0n) is 15.4. The van der Waals surface area contributed by atoms with Crippen molar-refractivity contribution in [3.63, 3.8) is 0 Å². The number of hydrogen-bond acceptors (Lipinski definition) is 3. The molecule has 0 saturated carbocycles. The third-order valence-corrected chi connectivity index (χ3v) is 4.65. The van der Waals surface area contributed by atoms with E-state index in [-0.39, 0.29) is 5.91 Å². The number of hydrogen-bond donors (Lipinski definition) is 1. The Morgan fingerprint density at radius 1 is 1.11 bits per heavy atom. The van der Waals surface area contributed by atoms with Crippen molar-refractivity contribution in [2.75, 3.05) is 13.2 Å². The predicted octanol–water partition coefficient (Wildman–Crippen LogP) is 4.01. The van der Waals surface area contributed by atoms with Crippen LogP contribution in [-0.2, 0) is 6.54 Å². The third-order valence-electron chi connectivity index (χ3n) is 4.29. The van der Waals surface area contributed by atoms with Crippen LogP contribution >= 0.6 is 11.6 Å². The molecule has 0 aliphatic carbocycles. The maximum atomic E-state index is 12.6. The van der Waals surface area contributed by atoms with Gasteiger partial charge in [-0.25, -0.2) is 0 Å². The first-order valence-corrected chi connectivity index (χ1v) is 9.17. The number of rotatable bonds is 7. The smallest absolute Gasteiger partial charge is 0.255 e. The molecule has 1 amide bonds. The highest BCUT2D eigenvalue weighted by Gasteiger charge is 2.18. The average molecular weight is 384 g/mol. The zero-order valence-corrected chi connectivity index (χ0v) is 16.2. The molecule has 140 valence electrons. The number of aryl methyl sites for hydroxylation is 1.